The number of benzene rings is 1. The Bertz CT molecular complexity index is 337. The van der Waals surface area contributed by atoms with Crippen LogP contribution >= 0.6 is 25.0 Å². The van der Waals surface area contributed by atoms with Gasteiger partial charge in [0.2, 0.25) is 0 Å². The maximum atomic E-state index is 11.0. The number of carboxylic acid groups (broad SMARTS) is 1. The molecule has 17 heavy (non-hydrogen) atoms. The zero-order valence-electron chi connectivity index (χ0n) is 9.44. The smallest absolute Gasteiger partial charge is 0.324 e. The molecule has 4 nitrogen and oxygen atoms in total. The third-order valence-corrected chi connectivity index (χ3v) is 2.57. The molecule has 6 heteroatoms. The van der Waals surface area contributed by atoms with E-state index >= 15 is 0 Å². The van der Waals surface area contributed by atoms with Gasteiger partial charge in [-0.15, -0.1) is 12.4 Å². The highest BCUT2D eigenvalue weighted by molar-refractivity contribution is 7.80. The minimum absolute atomic E-state index is 0. The fraction of sp³-hybridized carbons (Fsp3) is 0.364. The zero-order chi connectivity index (χ0) is 12.0. The van der Waals surface area contributed by atoms with Gasteiger partial charge in [-0.3, -0.25) is 4.79 Å². The van der Waals surface area contributed by atoms with Crippen molar-refractivity contribution >= 4 is 31.0 Å². The van der Waals surface area contributed by atoms with Crippen LogP contribution in [0.3, 0.4) is 0 Å². The van der Waals surface area contributed by atoms with Crippen LogP contribution in [0.5, 0.6) is 0 Å². The summed E-state index contributed by atoms with van der Waals surface area (Å²) in [4.78, 5) is 16.0. The van der Waals surface area contributed by atoms with Gasteiger partial charge in [0, 0.05) is 5.75 Å². The van der Waals surface area contributed by atoms with Gasteiger partial charge < -0.3 is 9.94 Å². The maximum absolute atomic E-state index is 11.0. The van der Waals surface area contributed by atoms with Crippen LogP contribution in [0.15, 0.2) is 30.3 Å². The summed E-state index contributed by atoms with van der Waals surface area (Å²) in [6.45, 7) is 0.425. The van der Waals surface area contributed by atoms with Crippen LogP contribution in [0.4, 0.5) is 0 Å². The van der Waals surface area contributed by atoms with Crippen LogP contribution in [-0.2, 0) is 16.2 Å². The lowest BCUT2D eigenvalue weighted by atomic mass is 10.2. The van der Waals surface area contributed by atoms with Crippen molar-refractivity contribution in [3.8, 4) is 0 Å². The minimum atomic E-state index is -0.937. The van der Waals surface area contributed by atoms with Gasteiger partial charge in [-0.25, -0.2) is 0 Å². The molecule has 1 rings (SSSR count). The summed E-state index contributed by atoms with van der Waals surface area (Å²) in [5, 5.41) is 10.4. The summed E-state index contributed by atoms with van der Waals surface area (Å²) in [6.07, 6.45) is 0. The van der Waals surface area contributed by atoms with Crippen molar-refractivity contribution in [2.75, 3.05) is 12.9 Å². The normalized spacial score (nSPS) is 11.9. The number of hydrogen-bond donors (Lipinski definition) is 2. The van der Waals surface area contributed by atoms with Gasteiger partial charge in [-0.1, -0.05) is 30.3 Å². The molecule has 0 saturated carbocycles. The highest BCUT2D eigenvalue weighted by atomic mass is 35.5. The van der Waals surface area contributed by atoms with Crippen LogP contribution in [-0.4, -0.2) is 35.0 Å². The fourth-order valence-electron chi connectivity index (χ4n) is 1.36. The fourth-order valence-corrected chi connectivity index (χ4v) is 1.70. The Balaban J connectivity index is 0.00000256. The summed E-state index contributed by atoms with van der Waals surface area (Å²) in [5.41, 5.74) is 0.998. The summed E-state index contributed by atoms with van der Waals surface area (Å²) >= 11 is 4.01. The number of carboxylic acids is 1. The molecule has 0 aliphatic rings. The van der Waals surface area contributed by atoms with Crippen LogP contribution in [0.25, 0.3) is 0 Å². The topological polar surface area (TPSA) is 49.8 Å². The number of hydroxylamine groups is 2. The molecule has 1 aromatic carbocycles. The lowest BCUT2D eigenvalue weighted by Crippen LogP contribution is -2.41. The molecule has 0 aromatic heterocycles. The molecule has 0 aliphatic carbocycles. The number of halogens is 1. The van der Waals surface area contributed by atoms with Gasteiger partial charge >= 0.3 is 5.97 Å². The van der Waals surface area contributed by atoms with Crippen molar-refractivity contribution < 1.29 is 14.7 Å². The summed E-state index contributed by atoms with van der Waals surface area (Å²) in [7, 11) is 1.46. The predicted molar refractivity (Wildman–Crippen MR) is 71.5 cm³/mol. The molecule has 0 fully saturated rings. The standard InChI is InChI=1S/C11H15NO3S.ClH/c1-15-12(10(8-16)11(13)14)7-9-5-3-2-4-6-9;/h2-6,10,16H,7-8H2,1H3,(H,13,14);1H. The molecule has 0 amide bonds. The number of hydrogen-bond acceptors (Lipinski definition) is 4. The molecule has 0 spiro atoms. The second-order valence-electron chi connectivity index (χ2n) is 3.28. The third kappa shape index (κ3) is 4.95. The molecule has 0 bridgehead atoms. The molecule has 96 valence electrons. The summed E-state index contributed by atoms with van der Waals surface area (Å²) in [5.74, 6) is -0.733. The van der Waals surface area contributed by atoms with Gasteiger partial charge in [0.25, 0.3) is 0 Å². The minimum Gasteiger partial charge on any atom is -0.480 e. The Morgan fingerprint density at radius 1 is 1.47 bits per heavy atom. The summed E-state index contributed by atoms with van der Waals surface area (Å²) < 4.78 is 0. The molecule has 0 radical (unpaired) electrons. The third-order valence-electron chi connectivity index (χ3n) is 2.22. The molecule has 0 saturated heterocycles. The first-order valence-electron chi connectivity index (χ1n) is 4.87. The molecular formula is C11H16ClNO3S. The lowest BCUT2D eigenvalue weighted by molar-refractivity contribution is -0.184. The molecule has 1 N–H and O–H groups in total. The second kappa shape index (κ2) is 8.36. The SMILES string of the molecule is CON(Cc1ccccc1)C(CS)C(=O)O.Cl. The Hall–Kier alpha value is -0.750. The highest BCUT2D eigenvalue weighted by Gasteiger charge is 2.24. The van der Waals surface area contributed by atoms with E-state index in [1.807, 2.05) is 30.3 Å². The number of aliphatic carboxylic acids is 1. The Kier molecular flexibility index (Phi) is 7.99. The van der Waals surface area contributed by atoms with Gasteiger partial charge in [-0.05, 0) is 5.56 Å². The number of thiol groups is 1. The van der Waals surface area contributed by atoms with E-state index in [1.165, 1.54) is 12.2 Å². The highest BCUT2D eigenvalue weighted by Crippen LogP contribution is 2.09. The van der Waals surface area contributed by atoms with E-state index in [0.29, 0.717) is 6.54 Å². The molecule has 1 aromatic rings. The summed E-state index contributed by atoms with van der Waals surface area (Å²) in [6, 6.07) is 8.81. The van der Waals surface area contributed by atoms with Gasteiger partial charge in [0.05, 0.1) is 13.7 Å². The lowest BCUT2D eigenvalue weighted by Gasteiger charge is -2.25. The first-order valence-corrected chi connectivity index (χ1v) is 5.50. The van der Waals surface area contributed by atoms with Gasteiger partial charge in [0.15, 0.2) is 0 Å². The van der Waals surface area contributed by atoms with E-state index in [9.17, 15) is 4.79 Å². The number of carbonyl (C=O) groups is 1. The van der Waals surface area contributed by atoms with Crippen molar-refractivity contribution in [2.24, 2.45) is 0 Å². The average molecular weight is 278 g/mol. The first kappa shape index (κ1) is 16.2. The van der Waals surface area contributed by atoms with Crippen LogP contribution < -0.4 is 0 Å². The van der Waals surface area contributed by atoms with Crippen molar-refractivity contribution in [1.29, 1.82) is 0 Å². The monoisotopic (exact) mass is 277 g/mol. The van der Waals surface area contributed by atoms with Crippen LogP contribution in [0.2, 0.25) is 0 Å². The van der Waals surface area contributed by atoms with Crippen molar-refractivity contribution in [3.63, 3.8) is 0 Å². The second-order valence-corrected chi connectivity index (χ2v) is 3.65. The van der Waals surface area contributed by atoms with E-state index in [2.05, 4.69) is 12.6 Å². The van der Waals surface area contributed by atoms with E-state index in [4.69, 9.17) is 9.94 Å². The first-order chi connectivity index (χ1) is 7.69. The number of nitrogens with zero attached hydrogens (tertiary/aromatic N) is 1. The van der Waals surface area contributed by atoms with Crippen LogP contribution in [0, 0.1) is 0 Å². The zero-order valence-corrected chi connectivity index (χ0v) is 11.2. The molecule has 0 aliphatic heterocycles. The van der Waals surface area contributed by atoms with Crippen molar-refractivity contribution in [3.05, 3.63) is 35.9 Å². The Morgan fingerprint density at radius 3 is 2.47 bits per heavy atom. The van der Waals surface area contributed by atoms with E-state index in [-0.39, 0.29) is 18.2 Å². The van der Waals surface area contributed by atoms with E-state index < -0.39 is 12.0 Å². The Morgan fingerprint density at radius 2 is 2.06 bits per heavy atom. The average Bonchev–Trinajstić information content (AvgIpc) is 2.29. The molecule has 1 atom stereocenters. The molecular weight excluding hydrogens is 262 g/mol. The maximum Gasteiger partial charge on any atom is 0.324 e. The van der Waals surface area contributed by atoms with E-state index in [1.54, 1.807) is 0 Å². The van der Waals surface area contributed by atoms with Crippen molar-refractivity contribution in [1.82, 2.24) is 5.06 Å². The van der Waals surface area contributed by atoms with Crippen LogP contribution in [0.1, 0.15) is 5.56 Å². The number of rotatable bonds is 6. The quantitative estimate of drug-likeness (QED) is 0.616. The molecule has 1 unspecified atom stereocenters. The Labute approximate surface area is 112 Å². The van der Waals surface area contributed by atoms with E-state index in [0.717, 1.165) is 5.56 Å². The predicted octanol–water partition coefficient (Wildman–Crippen LogP) is 1.85. The van der Waals surface area contributed by atoms with Gasteiger partial charge in [-0.2, -0.15) is 17.7 Å². The largest absolute Gasteiger partial charge is 0.480 e. The van der Waals surface area contributed by atoms with Crippen molar-refractivity contribution in [2.45, 2.75) is 12.6 Å². The van der Waals surface area contributed by atoms with Gasteiger partial charge in [0.1, 0.15) is 6.04 Å². The molecule has 0 heterocycles.